The van der Waals surface area contributed by atoms with Crippen LogP contribution in [0.15, 0.2) is 11.8 Å². The molecule has 0 saturated heterocycles. The third kappa shape index (κ3) is 6.74. The highest BCUT2D eigenvalue weighted by Crippen LogP contribution is 2.26. The van der Waals surface area contributed by atoms with E-state index in [1.807, 2.05) is 0 Å². The molecule has 0 unspecified atom stereocenters. The van der Waals surface area contributed by atoms with Gasteiger partial charge in [-0.1, -0.05) is 30.9 Å². The second kappa shape index (κ2) is 6.38. The predicted octanol–water partition coefficient (Wildman–Crippen LogP) is 5.10. The van der Waals surface area contributed by atoms with E-state index < -0.39 is 8.07 Å². The third-order valence-corrected chi connectivity index (χ3v) is 6.32. The molecule has 0 aromatic carbocycles. The van der Waals surface area contributed by atoms with Gasteiger partial charge in [-0.3, -0.25) is 4.90 Å². The van der Waals surface area contributed by atoms with Crippen LogP contribution >= 0.6 is 0 Å². The summed E-state index contributed by atoms with van der Waals surface area (Å²) in [4.78, 5) is 2.64. The molecule has 0 aliphatic rings. The predicted molar refractivity (Wildman–Crippen MR) is 87.9 cm³/mol. The van der Waals surface area contributed by atoms with Crippen molar-refractivity contribution in [1.82, 2.24) is 4.90 Å². The highest BCUT2D eigenvalue weighted by atomic mass is 28.3. The molecule has 18 heavy (non-hydrogen) atoms. The lowest BCUT2D eigenvalue weighted by Crippen LogP contribution is -2.53. The van der Waals surface area contributed by atoms with Crippen molar-refractivity contribution in [3.8, 4) is 0 Å². The minimum atomic E-state index is -1.10. The standard InChI is InChI=1S/C16H35NSi/c1-10-13-18(8,9)14-11-12-17(15(2,3)4)16(5,6)7/h10,13H,11-12,14H2,1-9H3/b13-10-. The molecule has 108 valence electrons. The Bertz CT molecular complexity index is 252. The van der Waals surface area contributed by atoms with E-state index in [1.54, 1.807) is 0 Å². The minimum Gasteiger partial charge on any atom is -0.294 e. The Kier molecular flexibility index (Phi) is 6.35. The Labute approximate surface area is 117 Å². The summed E-state index contributed by atoms with van der Waals surface area (Å²) in [6.45, 7) is 22.2. The van der Waals surface area contributed by atoms with Crippen molar-refractivity contribution in [2.24, 2.45) is 0 Å². The molecule has 0 atom stereocenters. The van der Waals surface area contributed by atoms with Crippen LogP contribution < -0.4 is 0 Å². The van der Waals surface area contributed by atoms with E-state index >= 15 is 0 Å². The van der Waals surface area contributed by atoms with E-state index in [2.05, 4.69) is 78.2 Å². The number of rotatable bonds is 5. The summed E-state index contributed by atoms with van der Waals surface area (Å²) in [6, 6.07) is 1.39. The minimum absolute atomic E-state index is 0.255. The molecule has 2 heteroatoms. The molecule has 0 fully saturated rings. The van der Waals surface area contributed by atoms with Crippen LogP contribution in [-0.4, -0.2) is 30.6 Å². The van der Waals surface area contributed by atoms with E-state index in [9.17, 15) is 0 Å². The van der Waals surface area contributed by atoms with Crippen LogP contribution in [0.25, 0.3) is 0 Å². The molecule has 0 saturated carbocycles. The second-order valence-corrected chi connectivity index (χ2v) is 12.9. The second-order valence-electron chi connectivity index (χ2n) is 8.09. The van der Waals surface area contributed by atoms with Crippen LogP contribution in [0.2, 0.25) is 19.1 Å². The number of allylic oxidation sites excluding steroid dienone is 1. The van der Waals surface area contributed by atoms with Crippen molar-refractivity contribution in [2.75, 3.05) is 6.54 Å². The van der Waals surface area contributed by atoms with Crippen molar-refractivity contribution in [3.63, 3.8) is 0 Å². The molecule has 0 heterocycles. The van der Waals surface area contributed by atoms with E-state index in [0.717, 1.165) is 0 Å². The average molecular weight is 270 g/mol. The van der Waals surface area contributed by atoms with E-state index in [4.69, 9.17) is 0 Å². The van der Waals surface area contributed by atoms with Crippen molar-refractivity contribution >= 4 is 8.07 Å². The molecule has 1 nitrogen and oxygen atoms in total. The van der Waals surface area contributed by atoms with Crippen molar-refractivity contribution in [1.29, 1.82) is 0 Å². The van der Waals surface area contributed by atoms with Crippen LogP contribution in [0.5, 0.6) is 0 Å². The van der Waals surface area contributed by atoms with E-state index in [0.29, 0.717) is 0 Å². The van der Waals surface area contributed by atoms with Gasteiger partial charge in [0.1, 0.15) is 0 Å². The van der Waals surface area contributed by atoms with Gasteiger partial charge in [-0.15, -0.1) is 0 Å². The Balaban J connectivity index is 4.49. The van der Waals surface area contributed by atoms with Gasteiger partial charge in [0.2, 0.25) is 0 Å². The van der Waals surface area contributed by atoms with Crippen LogP contribution in [0.4, 0.5) is 0 Å². The largest absolute Gasteiger partial charge is 0.294 e. The molecule has 0 spiro atoms. The molecular formula is C16H35NSi. The summed E-state index contributed by atoms with van der Waals surface area (Å²) in [6.07, 6.45) is 3.55. The summed E-state index contributed by atoms with van der Waals surface area (Å²) in [7, 11) is -1.10. The highest BCUT2D eigenvalue weighted by molar-refractivity contribution is 6.82. The smallest absolute Gasteiger partial charge is 0.0713 e. The van der Waals surface area contributed by atoms with E-state index in [1.165, 1.54) is 19.0 Å². The molecule has 0 rings (SSSR count). The SMILES string of the molecule is C/C=C\[Si](C)(C)CCCN(C(C)(C)C)C(C)(C)C. The molecular weight excluding hydrogens is 234 g/mol. The van der Waals surface area contributed by atoms with Crippen molar-refractivity contribution in [3.05, 3.63) is 11.8 Å². The normalized spacial score (nSPS) is 14.8. The Morgan fingerprint density at radius 3 is 1.72 bits per heavy atom. The van der Waals surface area contributed by atoms with Crippen molar-refractivity contribution < 1.29 is 0 Å². The van der Waals surface area contributed by atoms with Crippen molar-refractivity contribution in [2.45, 2.75) is 85.1 Å². The first-order valence-electron chi connectivity index (χ1n) is 7.32. The molecule has 0 aromatic rings. The number of hydrogen-bond acceptors (Lipinski definition) is 1. The fraction of sp³-hybridized carbons (Fsp3) is 0.875. The highest BCUT2D eigenvalue weighted by Gasteiger charge is 2.31. The first-order valence-corrected chi connectivity index (χ1v) is 10.6. The summed E-state index contributed by atoms with van der Waals surface area (Å²) in [5.74, 6) is 0. The zero-order valence-corrected chi connectivity index (χ0v) is 15.2. The van der Waals surface area contributed by atoms with Gasteiger partial charge in [0.15, 0.2) is 0 Å². The summed E-state index contributed by atoms with van der Waals surface area (Å²) >= 11 is 0. The van der Waals surface area contributed by atoms with Gasteiger partial charge in [0.25, 0.3) is 0 Å². The lowest BCUT2D eigenvalue weighted by atomic mass is 9.96. The third-order valence-electron chi connectivity index (χ3n) is 3.44. The molecule has 0 aliphatic carbocycles. The van der Waals surface area contributed by atoms with Gasteiger partial charge in [0, 0.05) is 11.1 Å². The average Bonchev–Trinajstić information content (AvgIpc) is 2.07. The van der Waals surface area contributed by atoms with Crippen LogP contribution in [-0.2, 0) is 0 Å². The lowest BCUT2D eigenvalue weighted by molar-refractivity contribution is 0.0386. The molecule has 0 amide bonds. The molecule has 0 radical (unpaired) electrons. The molecule has 0 bridgehead atoms. The van der Waals surface area contributed by atoms with Gasteiger partial charge in [-0.2, -0.15) is 0 Å². The molecule has 0 N–H and O–H groups in total. The maximum absolute atomic E-state index is 2.64. The Morgan fingerprint density at radius 2 is 1.39 bits per heavy atom. The van der Waals surface area contributed by atoms with Crippen LogP contribution in [0.3, 0.4) is 0 Å². The maximum Gasteiger partial charge on any atom is 0.0713 e. The van der Waals surface area contributed by atoms with Gasteiger partial charge in [-0.25, -0.2) is 0 Å². The summed E-state index contributed by atoms with van der Waals surface area (Å²) in [5, 5.41) is 0. The fourth-order valence-corrected chi connectivity index (χ4v) is 5.04. The monoisotopic (exact) mass is 269 g/mol. The molecule has 0 aliphatic heterocycles. The van der Waals surface area contributed by atoms with Crippen LogP contribution in [0, 0.1) is 0 Å². The molecule has 0 aromatic heterocycles. The topological polar surface area (TPSA) is 3.24 Å². The Morgan fingerprint density at radius 1 is 0.944 bits per heavy atom. The zero-order chi connectivity index (χ0) is 14.6. The summed E-state index contributed by atoms with van der Waals surface area (Å²) < 4.78 is 0. The van der Waals surface area contributed by atoms with Gasteiger partial charge in [-0.05, 0) is 61.4 Å². The van der Waals surface area contributed by atoms with Crippen LogP contribution in [0.1, 0.15) is 54.9 Å². The Hall–Kier alpha value is -0.0831. The fourth-order valence-electron chi connectivity index (χ4n) is 2.90. The van der Waals surface area contributed by atoms with E-state index in [-0.39, 0.29) is 11.1 Å². The number of hydrogen-bond donors (Lipinski definition) is 0. The quantitative estimate of drug-likeness (QED) is 0.628. The zero-order valence-electron chi connectivity index (χ0n) is 14.2. The maximum atomic E-state index is 2.64. The van der Waals surface area contributed by atoms with Gasteiger partial charge >= 0.3 is 0 Å². The van der Waals surface area contributed by atoms with Gasteiger partial charge in [0.05, 0.1) is 8.07 Å². The first kappa shape index (κ1) is 17.9. The van der Waals surface area contributed by atoms with Gasteiger partial charge < -0.3 is 0 Å². The first-order chi connectivity index (χ1) is 7.90. The summed E-state index contributed by atoms with van der Waals surface area (Å²) in [5.41, 5.74) is 2.97. The number of nitrogens with zero attached hydrogens (tertiary/aromatic N) is 1. The lowest BCUT2D eigenvalue weighted by Gasteiger charge is -2.45.